The average molecular weight is 504 g/mol. The van der Waals surface area contributed by atoms with Gasteiger partial charge in [0, 0.05) is 11.1 Å². The van der Waals surface area contributed by atoms with Gasteiger partial charge in [-0.15, -0.1) is 21.5 Å². The van der Waals surface area contributed by atoms with Gasteiger partial charge in [0.1, 0.15) is 5.82 Å². The van der Waals surface area contributed by atoms with E-state index in [4.69, 9.17) is 9.47 Å². The zero-order chi connectivity index (χ0) is 24.7. The van der Waals surface area contributed by atoms with E-state index in [0.717, 1.165) is 16.7 Å². The first kappa shape index (κ1) is 25.4. The Bertz CT molecular complexity index is 1160. The standard InChI is InChI=1S/C22H25N5O5S2/c1-5-17(19(29)24-21-23-15(12-34-21)11-18(28)31-6-2)32-20(30)14-7-9-16(10-8-14)27-13(3)25-26-22(27)33-4/h7-10,12,17H,5-6,11H2,1-4H3,(H,23,24,29). The Hall–Kier alpha value is -3.25. The van der Waals surface area contributed by atoms with Gasteiger partial charge in [-0.3, -0.25) is 19.5 Å². The van der Waals surface area contributed by atoms with Crippen molar-refractivity contribution in [2.75, 3.05) is 18.2 Å². The van der Waals surface area contributed by atoms with Crippen LogP contribution in [0.25, 0.3) is 5.69 Å². The van der Waals surface area contributed by atoms with Gasteiger partial charge in [0.05, 0.1) is 24.3 Å². The first-order valence-electron chi connectivity index (χ1n) is 10.5. The summed E-state index contributed by atoms with van der Waals surface area (Å²) in [7, 11) is 0. The number of benzene rings is 1. The molecule has 2 aromatic heterocycles. The molecule has 1 N–H and O–H groups in total. The van der Waals surface area contributed by atoms with Crippen molar-refractivity contribution in [2.24, 2.45) is 0 Å². The molecule has 1 amide bonds. The van der Waals surface area contributed by atoms with Gasteiger partial charge in [-0.1, -0.05) is 18.7 Å². The highest BCUT2D eigenvalue weighted by Gasteiger charge is 2.23. The van der Waals surface area contributed by atoms with Gasteiger partial charge in [0.25, 0.3) is 5.91 Å². The second-order valence-corrected chi connectivity index (χ2v) is 8.66. The van der Waals surface area contributed by atoms with E-state index in [0.29, 0.717) is 16.4 Å². The minimum absolute atomic E-state index is 0.0233. The van der Waals surface area contributed by atoms with Crippen molar-refractivity contribution >= 4 is 46.1 Å². The molecule has 0 saturated heterocycles. The smallest absolute Gasteiger partial charge is 0.338 e. The summed E-state index contributed by atoms with van der Waals surface area (Å²) in [6, 6.07) is 6.81. The Morgan fingerprint density at radius 1 is 1.18 bits per heavy atom. The van der Waals surface area contributed by atoms with Crippen LogP contribution in [0.5, 0.6) is 0 Å². The maximum Gasteiger partial charge on any atom is 0.338 e. The number of aryl methyl sites for hydroxylation is 1. The SMILES string of the molecule is CCOC(=O)Cc1csc(NC(=O)C(CC)OC(=O)c2ccc(-n3c(C)nnc3SC)cc2)n1. The van der Waals surface area contributed by atoms with Gasteiger partial charge >= 0.3 is 11.9 Å². The molecule has 3 rings (SSSR count). The minimum atomic E-state index is -0.993. The third kappa shape index (κ3) is 6.20. The molecule has 0 radical (unpaired) electrons. The van der Waals surface area contributed by atoms with Crippen molar-refractivity contribution in [1.82, 2.24) is 19.7 Å². The summed E-state index contributed by atoms with van der Waals surface area (Å²) in [4.78, 5) is 41.1. The van der Waals surface area contributed by atoms with Crippen LogP contribution in [0, 0.1) is 6.92 Å². The highest BCUT2D eigenvalue weighted by Crippen LogP contribution is 2.21. The second kappa shape index (κ2) is 11.7. The molecule has 0 spiro atoms. The normalized spacial score (nSPS) is 11.6. The van der Waals surface area contributed by atoms with Gasteiger partial charge in [-0.25, -0.2) is 9.78 Å². The number of amides is 1. The number of thiazole rings is 1. The molecule has 12 heteroatoms. The van der Waals surface area contributed by atoms with Crippen LogP contribution in [0.4, 0.5) is 5.13 Å². The predicted molar refractivity (Wildman–Crippen MR) is 128 cm³/mol. The molecular weight excluding hydrogens is 478 g/mol. The number of rotatable bonds is 10. The van der Waals surface area contributed by atoms with Crippen LogP contribution in [0.1, 0.15) is 42.1 Å². The third-order valence-corrected chi connectivity index (χ3v) is 6.10. The number of carbonyl (C=O) groups excluding carboxylic acids is 3. The van der Waals surface area contributed by atoms with E-state index in [9.17, 15) is 14.4 Å². The molecular formula is C22H25N5O5S2. The number of hydrogen-bond donors (Lipinski definition) is 1. The lowest BCUT2D eigenvalue weighted by Crippen LogP contribution is -2.32. The summed E-state index contributed by atoms with van der Waals surface area (Å²) in [6.45, 7) is 5.61. The fourth-order valence-corrected chi connectivity index (χ4v) is 4.29. The molecule has 0 aliphatic rings. The third-order valence-electron chi connectivity index (χ3n) is 4.66. The van der Waals surface area contributed by atoms with Gasteiger partial charge in [0.15, 0.2) is 16.4 Å². The molecule has 3 aromatic rings. The number of aromatic nitrogens is 4. The molecule has 0 aliphatic carbocycles. The van der Waals surface area contributed by atoms with Crippen LogP contribution in [-0.2, 0) is 25.5 Å². The molecule has 0 saturated carbocycles. The monoisotopic (exact) mass is 503 g/mol. The minimum Gasteiger partial charge on any atom is -0.466 e. The van der Waals surface area contributed by atoms with Crippen molar-refractivity contribution in [3.8, 4) is 5.69 Å². The van der Waals surface area contributed by atoms with Crippen LogP contribution >= 0.6 is 23.1 Å². The van der Waals surface area contributed by atoms with E-state index in [-0.39, 0.29) is 25.4 Å². The van der Waals surface area contributed by atoms with Gasteiger partial charge in [-0.2, -0.15) is 0 Å². The van der Waals surface area contributed by atoms with E-state index in [2.05, 4.69) is 20.5 Å². The number of nitrogens with one attached hydrogen (secondary N) is 1. The van der Waals surface area contributed by atoms with E-state index in [1.54, 1.807) is 43.5 Å². The number of anilines is 1. The predicted octanol–water partition coefficient (Wildman–Crippen LogP) is 3.43. The molecule has 10 nitrogen and oxygen atoms in total. The van der Waals surface area contributed by atoms with Gasteiger partial charge in [-0.05, 0) is 50.8 Å². The second-order valence-electron chi connectivity index (χ2n) is 7.03. The summed E-state index contributed by atoms with van der Waals surface area (Å²) in [6.07, 6.45) is 1.23. The van der Waals surface area contributed by atoms with Gasteiger partial charge < -0.3 is 9.47 Å². The fraction of sp³-hybridized carbons (Fsp3) is 0.364. The summed E-state index contributed by atoms with van der Waals surface area (Å²) >= 11 is 2.65. The first-order valence-corrected chi connectivity index (χ1v) is 12.6. The average Bonchev–Trinajstić information content (AvgIpc) is 3.42. The fourth-order valence-electron chi connectivity index (χ4n) is 3.03. The van der Waals surface area contributed by atoms with Crippen molar-refractivity contribution in [2.45, 2.75) is 44.9 Å². The first-order chi connectivity index (χ1) is 16.4. The highest BCUT2D eigenvalue weighted by atomic mass is 32.2. The number of esters is 2. The molecule has 1 unspecified atom stereocenters. The zero-order valence-corrected chi connectivity index (χ0v) is 20.9. The van der Waals surface area contributed by atoms with E-state index < -0.39 is 18.0 Å². The summed E-state index contributed by atoms with van der Waals surface area (Å²) in [5.74, 6) is -0.758. The lowest BCUT2D eigenvalue weighted by atomic mass is 10.2. The Morgan fingerprint density at radius 3 is 2.56 bits per heavy atom. The quantitative estimate of drug-likeness (QED) is 0.327. The molecule has 0 aliphatic heterocycles. The topological polar surface area (TPSA) is 125 Å². The van der Waals surface area contributed by atoms with Crippen molar-refractivity contribution < 1.29 is 23.9 Å². The molecule has 0 bridgehead atoms. The number of hydrogen-bond acceptors (Lipinski definition) is 10. The maximum atomic E-state index is 12.6. The highest BCUT2D eigenvalue weighted by molar-refractivity contribution is 7.98. The molecule has 2 heterocycles. The number of ether oxygens (including phenoxy) is 2. The largest absolute Gasteiger partial charge is 0.466 e. The Labute approximate surface area is 205 Å². The van der Waals surface area contributed by atoms with Crippen LogP contribution < -0.4 is 5.32 Å². The van der Waals surface area contributed by atoms with E-state index in [1.807, 2.05) is 17.7 Å². The Kier molecular flexibility index (Phi) is 8.77. The van der Waals surface area contributed by atoms with Crippen LogP contribution in [0.2, 0.25) is 0 Å². The van der Waals surface area contributed by atoms with Gasteiger partial charge in [0.2, 0.25) is 0 Å². The molecule has 1 atom stereocenters. The number of thioether (sulfide) groups is 1. The number of carbonyl (C=O) groups is 3. The van der Waals surface area contributed by atoms with Crippen LogP contribution in [-0.4, -0.2) is 56.6 Å². The summed E-state index contributed by atoms with van der Waals surface area (Å²) in [5.41, 5.74) is 1.63. The molecule has 1 aromatic carbocycles. The maximum absolute atomic E-state index is 12.6. The lowest BCUT2D eigenvalue weighted by molar-refractivity contribution is -0.142. The summed E-state index contributed by atoms with van der Waals surface area (Å²) < 4.78 is 12.2. The number of nitrogens with zero attached hydrogens (tertiary/aromatic N) is 4. The zero-order valence-electron chi connectivity index (χ0n) is 19.2. The van der Waals surface area contributed by atoms with Crippen LogP contribution in [0.15, 0.2) is 34.8 Å². The Balaban J connectivity index is 1.62. The van der Waals surface area contributed by atoms with Crippen LogP contribution in [0.3, 0.4) is 0 Å². The van der Waals surface area contributed by atoms with E-state index in [1.165, 1.54) is 23.1 Å². The van der Waals surface area contributed by atoms with Crippen molar-refractivity contribution in [3.63, 3.8) is 0 Å². The lowest BCUT2D eigenvalue weighted by Gasteiger charge is -2.15. The van der Waals surface area contributed by atoms with Crippen molar-refractivity contribution in [1.29, 1.82) is 0 Å². The molecule has 180 valence electrons. The molecule has 0 fully saturated rings. The molecule has 34 heavy (non-hydrogen) atoms. The summed E-state index contributed by atoms with van der Waals surface area (Å²) in [5, 5.41) is 13.6. The Morgan fingerprint density at radius 2 is 1.91 bits per heavy atom. The van der Waals surface area contributed by atoms with E-state index >= 15 is 0 Å². The van der Waals surface area contributed by atoms with Crippen molar-refractivity contribution in [3.05, 3.63) is 46.7 Å².